The molecule has 8 heteroatoms. The summed E-state index contributed by atoms with van der Waals surface area (Å²) in [6.07, 6.45) is 0. The molecule has 0 atom stereocenters. The first-order valence-electron chi connectivity index (χ1n) is 6.42. The van der Waals surface area contributed by atoms with Crippen LogP contribution >= 0.6 is 34.9 Å². The molecule has 0 unspecified atom stereocenters. The SMILES string of the molecule is Cc1nc(CN(C)Cn2[nH]c(-c3cccs3)nc2=S)cs1. The van der Waals surface area contributed by atoms with E-state index >= 15 is 0 Å². The molecule has 0 fully saturated rings. The number of aryl methyl sites for hydroxylation is 1. The lowest BCUT2D eigenvalue weighted by Gasteiger charge is -2.15. The predicted octanol–water partition coefficient (Wildman–Crippen LogP) is 3.52. The van der Waals surface area contributed by atoms with Crippen molar-refractivity contribution >= 4 is 34.9 Å². The smallest absolute Gasteiger partial charge is 0.217 e. The molecule has 3 aromatic rings. The van der Waals surface area contributed by atoms with E-state index in [1.807, 2.05) is 36.2 Å². The van der Waals surface area contributed by atoms with Gasteiger partial charge in [-0.05, 0) is 37.6 Å². The molecule has 0 aromatic carbocycles. The van der Waals surface area contributed by atoms with Crippen molar-refractivity contribution in [3.8, 4) is 10.7 Å². The molecule has 0 spiro atoms. The van der Waals surface area contributed by atoms with Crippen LogP contribution in [0, 0.1) is 11.7 Å². The number of nitrogens with zero attached hydrogens (tertiary/aromatic N) is 4. The number of hydrogen-bond donors (Lipinski definition) is 1. The minimum Gasteiger partial charge on any atom is -0.282 e. The third-order valence-electron chi connectivity index (χ3n) is 2.92. The van der Waals surface area contributed by atoms with E-state index in [4.69, 9.17) is 12.2 Å². The van der Waals surface area contributed by atoms with E-state index in [9.17, 15) is 0 Å². The zero-order chi connectivity index (χ0) is 14.8. The van der Waals surface area contributed by atoms with Crippen LogP contribution in [0.1, 0.15) is 10.7 Å². The van der Waals surface area contributed by atoms with Crippen LogP contribution in [-0.4, -0.2) is 31.7 Å². The third-order valence-corrected chi connectivity index (χ3v) is 4.93. The molecule has 5 nitrogen and oxygen atoms in total. The second-order valence-corrected chi connectivity index (χ2v) is 7.15. The second kappa shape index (κ2) is 6.18. The summed E-state index contributed by atoms with van der Waals surface area (Å²) in [5, 5.41) is 8.47. The molecule has 0 bridgehead atoms. The number of hydrogen-bond acceptors (Lipinski definition) is 6. The van der Waals surface area contributed by atoms with Gasteiger partial charge in [0.15, 0.2) is 5.82 Å². The summed E-state index contributed by atoms with van der Waals surface area (Å²) in [7, 11) is 2.04. The number of thiophene rings is 1. The van der Waals surface area contributed by atoms with Gasteiger partial charge in [0, 0.05) is 11.9 Å². The van der Waals surface area contributed by atoms with Crippen molar-refractivity contribution in [2.75, 3.05) is 7.05 Å². The molecule has 0 saturated heterocycles. The fraction of sp³-hybridized carbons (Fsp3) is 0.308. The molecule has 1 N–H and O–H groups in total. The fourth-order valence-corrected chi connectivity index (χ4v) is 3.49. The van der Waals surface area contributed by atoms with Crippen molar-refractivity contribution in [3.63, 3.8) is 0 Å². The molecule has 3 heterocycles. The van der Waals surface area contributed by atoms with Gasteiger partial charge in [-0.3, -0.25) is 10.00 Å². The Hall–Kier alpha value is -1.35. The highest BCUT2D eigenvalue weighted by Crippen LogP contribution is 2.20. The summed E-state index contributed by atoms with van der Waals surface area (Å²) in [6, 6.07) is 4.04. The predicted molar refractivity (Wildman–Crippen MR) is 89.0 cm³/mol. The van der Waals surface area contributed by atoms with E-state index in [1.165, 1.54) is 0 Å². The van der Waals surface area contributed by atoms with Gasteiger partial charge < -0.3 is 0 Å². The molecule has 0 saturated carbocycles. The Morgan fingerprint density at radius 2 is 2.24 bits per heavy atom. The Morgan fingerprint density at radius 3 is 2.90 bits per heavy atom. The standard InChI is InChI=1S/C13H15N5S3/c1-9-14-10(7-21-9)6-17(2)8-18-13(19)15-12(16-18)11-4-3-5-20-11/h3-5,7H,6,8H2,1-2H3,(H,15,16,19). The van der Waals surface area contributed by atoms with Crippen molar-refractivity contribution in [1.82, 2.24) is 24.6 Å². The largest absolute Gasteiger partial charge is 0.282 e. The van der Waals surface area contributed by atoms with Crippen molar-refractivity contribution in [2.24, 2.45) is 0 Å². The van der Waals surface area contributed by atoms with E-state index in [-0.39, 0.29) is 0 Å². The first-order valence-corrected chi connectivity index (χ1v) is 8.59. The van der Waals surface area contributed by atoms with Crippen molar-refractivity contribution in [2.45, 2.75) is 20.1 Å². The van der Waals surface area contributed by atoms with Crippen LogP contribution in [0.25, 0.3) is 10.7 Å². The minimum absolute atomic E-state index is 0.569. The fourth-order valence-electron chi connectivity index (χ4n) is 2.02. The Bertz CT molecular complexity index is 768. The van der Waals surface area contributed by atoms with E-state index in [0.29, 0.717) is 11.4 Å². The first-order chi connectivity index (χ1) is 10.1. The van der Waals surface area contributed by atoms with Crippen LogP contribution in [0.3, 0.4) is 0 Å². The molecule has 0 amide bonds. The van der Waals surface area contributed by atoms with Gasteiger partial charge in [0.1, 0.15) is 0 Å². The zero-order valence-electron chi connectivity index (χ0n) is 11.7. The highest BCUT2D eigenvalue weighted by atomic mass is 32.1. The van der Waals surface area contributed by atoms with Gasteiger partial charge in [-0.2, -0.15) is 4.98 Å². The van der Waals surface area contributed by atoms with Crippen molar-refractivity contribution in [3.05, 3.63) is 38.4 Å². The molecule has 3 aromatic heterocycles. The van der Waals surface area contributed by atoms with E-state index in [0.717, 1.165) is 27.9 Å². The maximum absolute atomic E-state index is 5.32. The molecule has 21 heavy (non-hydrogen) atoms. The first kappa shape index (κ1) is 14.6. The average molecular weight is 337 g/mol. The Morgan fingerprint density at radius 1 is 1.38 bits per heavy atom. The summed E-state index contributed by atoms with van der Waals surface area (Å²) in [6.45, 7) is 3.47. The Balaban J connectivity index is 1.71. The maximum Gasteiger partial charge on any atom is 0.217 e. The van der Waals surface area contributed by atoms with E-state index in [1.54, 1.807) is 22.7 Å². The lowest BCUT2D eigenvalue weighted by Crippen LogP contribution is -2.22. The van der Waals surface area contributed by atoms with Crippen molar-refractivity contribution in [1.29, 1.82) is 0 Å². The quantitative estimate of drug-likeness (QED) is 0.724. The minimum atomic E-state index is 0.569. The lowest BCUT2D eigenvalue weighted by molar-refractivity contribution is 0.242. The number of rotatable bonds is 5. The molecular weight excluding hydrogens is 322 g/mol. The van der Waals surface area contributed by atoms with Gasteiger partial charge in [0.05, 0.1) is 22.2 Å². The number of nitrogens with one attached hydrogen (secondary N) is 1. The zero-order valence-corrected chi connectivity index (χ0v) is 14.2. The maximum atomic E-state index is 5.32. The number of H-pyrrole nitrogens is 1. The highest BCUT2D eigenvalue weighted by molar-refractivity contribution is 7.71. The number of thiazole rings is 1. The van der Waals surface area contributed by atoms with Gasteiger partial charge in [0.25, 0.3) is 0 Å². The van der Waals surface area contributed by atoms with Gasteiger partial charge in [-0.25, -0.2) is 9.67 Å². The molecular formula is C13H15N5S3. The van der Waals surface area contributed by atoms with Crippen LogP contribution in [0.4, 0.5) is 0 Å². The van der Waals surface area contributed by atoms with Gasteiger partial charge in [-0.15, -0.1) is 22.7 Å². The van der Waals surface area contributed by atoms with E-state index < -0.39 is 0 Å². The Kier molecular flexibility index (Phi) is 4.29. The monoisotopic (exact) mass is 337 g/mol. The average Bonchev–Trinajstić information content (AvgIpc) is 3.13. The van der Waals surface area contributed by atoms with Gasteiger partial charge in [0.2, 0.25) is 4.77 Å². The molecule has 110 valence electrons. The highest BCUT2D eigenvalue weighted by Gasteiger charge is 2.09. The van der Waals surface area contributed by atoms with Crippen LogP contribution < -0.4 is 0 Å². The molecule has 0 radical (unpaired) electrons. The molecule has 0 aliphatic rings. The van der Waals surface area contributed by atoms with Gasteiger partial charge in [-0.1, -0.05) is 6.07 Å². The van der Waals surface area contributed by atoms with Crippen LogP contribution in [0.15, 0.2) is 22.9 Å². The summed E-state index contributed by atoms with van der Waals surface area (Å²) in [5.74, 6) is 0.827. The second-order valence-electron chi connectivity index (χ2n) is 4.77. The number of aromatic amines is 1. The van der Waals surface area contributed by atoms with Crippen LogP contribution in [0.5, 0.6) is 0 Å². The summed E-state index contributed by atoms with van der Waals surface area (Å²) >= 11 is 8.64. The van der Waals surface area contributed by atoms with Gasteiger partial charge >= 0.3 is 0 Å². The molecule has 3 rings (SSSR count). The molecule has 0 aliphatic carbocycles. The van der Waals surface area contributed by atoms with Crippen LogP contribution in [-0.2, 0) is 13.2 Å². The summed E-state index contributed by atoms with van der Waals surface area (Å²) in [4.78, 5) is 12.1. The Labute approximate surface area is 135 Å². The van der Waals surface area contributed by atoms with Crippen LogP contribution in [0.2, 0.25) is 0 Å². The third kappa shape index (κ3) is 3.46. The summed E-state index contributed by atoms with van der Waals surface area (Å²) in [5.41, 5.74) is 1.09. The van der Waals surface area contributed by atoms with Crippen molar-refractivity contribution < 1.29 is 0 Å². The topological polar surface area (TPSA) is 49.7 Å². The summed E-state index contributed by atoms with van der Waals surface area (Å²) < 4.78 is 2.45. The molecule has 0 aliphatic heterocycles. The normalized spacial score (nSPS) is 11.4. The van der Waals surface area contributed by atoms with E-state index in [2.05, 4.69) is 25.3 Å². The number of aromatic nitrogens is 4. The lowest BCUT2D eigenvalue weighted by atomic mass is 10.4.